The molecule has 34 heteroatoms. The number of likely N-dealkylation sites (tertiary alicyclic amines) is 1. The van der Waals surface area contributed by atoms with Gasteiger partial charge in [-0.2, -0.15) is 0 Å². The molecule has 14 atom stereocenters. The normalized spacial score (nSPS) is 22.7. The van der Waals surface area contributed by atoms with Crippen molar-refractivity contribution in [3.8, 4) is 28.4 Å². The van der Waals surface area contributed by atoms with Crippen molar-refractivity contribution in [2.24, 2.45) is 17.6 Å². The van der Waals surface area contributed by atoms with Crippen molar-refractivity contribution in [2.75, 3.05) is 40.1 Å². The number of nitrogens with one attached hydrogen (secondary N) is 7. The molecule has 1 saturated carbocycles. The molecule has 10 rings (SSSR count). The molecule has 0 aromatic heterocycles. The van der Waals surface area contributed by atoms with E-state index < -0.39 is 242 Å². The Morgan fingerprint density at radius 1 is 0.673 bits per heavy atom. The number of ether oxygens (including phenoxy) is 4. The van der Waals surface area contributed by atoms with Crippen LogP contribution in [0.2, 0.25) is 0 Å². The summed E-state index contributed by atoms with van der Waals surface area (Å²) in [5.74, 6) is -14.9. The highest BCUT2D eigenvalue weighted by atomic mass is 16.7. The summed E-state index contributed by atoms with van der Waals surface area (Å²) in [7, 11) is 1.25. The third-order valence-corrected chi connectivity index (χ3v) is 21.9. The smallest absolute Gasteiger partial charge is 0.305 e. The summed E-state index contributed by atoms with van der Waals surface area (Å²) < 4.78 is 23.4. The molecule has 4 aliphatic carbocycles. The number of rotatable bonds is 33. The second kappa shape index (κ2) is 37.1. The predicted octanol–water partition coefficient (Wildman–Crippen LogP) is -0.548. The molecular formula is C79H99N9O25. The number of Topliss-reactive ketones (excluding diaryl/α,β-unsaturated/α-hetero) is 1. The molecule has 113 heavy (non-hydrogen) atoms. The number of ketones is 3. The van der Waals surface area contributed by atoms with Crippen molar-refractivity contribution in [2.45, 2.75) is 215 Å². The lowest BCUT2D eigenvalue weighted by Gasteiger charge is -2.43. The van der Waals surface area contributed by atoms with Gasteiger partial charge in [-0.05, 0) is 86.1 Å². The highest BCUT2D eigenvalue weighted by Crippen LogP contribution is 2.53. The fourth-order valence-electron chi connectivity index (χ4n) is 15.9. The average Bonchev–Trinajstić information content (AvgIpc) is 1.11. The Morgan fingerprint density at radius 3 is 1.90 bits per heavy atom. The number of phenols is 2. The number of hydrogen-bond donors (Lipinski definition) is 16. The van der Waals surface area contributed by atoms with Crippen LogP contribution in [0.15, 0.2) is 66.7 Å². The number of fused-ring (bicyclic) bond motifs is 6. The Morgan fingerprint density at radius 2 is 1.27 bits per heavy atom. The monoisotopic (exact) mass is 1570 g/mol. The molecule has 2 aliphatic heterocycles. The number of nitrogens with zero attached hydrogens (tertiary/aromatic N) is 1. The molecule has 4 unspecified atom stereocenters. The van der Waals surface area contributed by atoms with Crippen molar-refractivity contribution < 1.29 is 122 Å². The van der Waals surface area contributed by atoms with Crippen LogP contribution in [0.1, 0.15) is 184 Å². The maximum Gasteiger partial charge on any atom is 0.305 e. The summed E-state index contributed by atoms with van der Waals surface area (Å²) in [6.45, 7) is 2.61. The fraction of sp³-hybridized carbons (Fsp3) is 0.532. The van der Waals surface area contributed by atoms with Gasteiger partial charge < -0.3 is 108 Å². The first-order chi connectivity index (χ1) is 53.8. The summed E-state index contributed by atoms with van der Waals surface area (Å²) >= 11 is 0. The molecule has 34 nitrogen and oxygen atoms in total. The molecule has 6 aliphatic rings. The van der Waals surface area contributed by atoms with Crippen LogP contribution in [0.5, 0.6) is 17.2 Å². The van der Waals surface area contributed by atoms with Crippen molar-refractivity contribution in [3.05, 3.63) is 111 Å². The van der Waals surface area contributed by atoms with Gasteiger partial charge in [-0.3, -0.25) is 62.3 Å². The Bertz CT molecular complexity index is 4270. The Labute approximate surface area is 649 Å². The molecule has 0 bridgehead atoms. The zero-order valence-electron chi connectivity index (χ0n) is 63.3. The van der Waals surface area contributed by atoms with Crippen LogP contribution in [0.3, 0.4) is 0 Å². The van der Waals surface area contributed by atoms with Gasteiger partial charge in [0, 0.05) is 74.1 Å². The molecule has 4 aromatic carbocycles. The van der Waals surface area contributed by atoms with E-state index >= 15 is 0 Å². The number of carbonyl (C=O) groups excluding carboxylic acids is 13. The largest absolute Gasteiger partial charge is 0.507 e. The Kier molecular flexibility index (Phi) is 27.9. The molecule has 3 fully saturated rings. The van der Waals surface area contributed by atoms with Gasteiger partial charge in [0.05, 0.1) is 61.4 Å². The summed E-state index contributed by atoms with van der Waals surface area (Å²) in [5, 5.41) is 107. The molecule has 0 spiro atoms. The number of aliphatic hydroxyl groups excluding tert-OH is 5. The quantitative estimate of drug-likeness (QED) is 0.0185. The lowest BCUT2D eigenvalue weighted by molar-refractivity contribution is -0.249. The van der Waals surface area contributed by atoms with Gasteiger partial charge in [-0.25, -0.2) is 0 Å². The van der Waals surface area contributed by atoms with E-state index in [-0.39, 0.29) is 85.1 Å². The number of phenolic OH excluding ortho intramolecular Hbond substituents is 2. The highest BCUT2D eigenvalue weighted by Gasteiger charge is 2.52. The Hall–Kier alpha value is -10.3. The minimum atomic E-state index is -2.52. The van der Waals surface area contributed by atoms with E-state index in [1.807, 2.05) is 48.5 Å². The first-order valence-electron chi connectivity index (χ1n) is 38.0. The maximum atomic E-state index is 14.6. The van der Waals surface area contributed by atoms with Gasteiger partial charge in [0.15, 0.2) is 17.9 Å². The zero-order valence-corrected chi connectivity index (χ0v) is 63.3. The summed E-state index contributed by atoms with van der Waals surface area (Å²) in [5.41, 5.74) is 4.79. The predicted molar refractivity (Wildman–Crippen MR) is 396 cm³/mol. The van der Waals surface area contributed by atoms with E-state index in [4.69, 9.17) is 24.7 Å². The van der Waals surface area contributed by atoms with Crippen molar-refractivity contribution in [1.29, 1.82) is 0 Å². The van der Waals surface area contributed by atoms with Crippen LogP contribution in [0.4, 0.5) is 0 Å². The van der Waals surface area contributed by atoms with Crippen LogP contribution >= 0.6 is 0 Å². The van der Waals surface area contributed by atoms with Crippen LogP contribution in [0, 0.1) is 11.8 Å². The number of methoxy groups -OCH3 is 1. The molecular weight excluding hydrogens is 1470 g/mol. The van der Waals surface area contributed by atoms with Crippen molar-refractivity contribution in [3.63, 3.8) is 0 Å². The van der Waals surface area contributed by atoms with E-state index in [1.165, 1.54) is 39.2 Å². The van der Waals surface area contributed by atoms with E-state index in [0.717, 1.165) is 33.6 Å². The number of aliphatic hydroxyl groups is 6. The van der Waals surface area contributed by atoms with E-state index in [9.17, 15) is 103 Å². The summed E-state index contributed by atoms with van der Waals surface area (Å²) in [6, 6.07) is 7.63. The van der Waals surface area contributed by atoms with E-state index in [1.54, 1.807) is 13.8 Å². The minimum Gasteiger partial charge on any atom is -0.507 e. The van der Waals surface area contributed by atoms with Gasteiger partial charge in [0.1, 0.15) is 84.5 Å². The Balaban J connectivity index is 0.748. The third-order valence-electron chi connectivity index (χ3n) is 21.9. The van der Waals surface area contributed by atoms with Crippen LogP contribution in [-0.2, 0) is 73.4 Å². The van der Waals surface area contributed by atoms with Crippen molar-refractivity contribution >= 4 is 76.5 Å². The highest BCUT2D eigenvalue weighted by molar-refractivity contribution is 6.31. The number of primary amides is 1. The fourth-order valence-corrected chi connectivity index (χ4v) is 15.9. The molecule has 610 valence electrons. The topological polar surface area (TPSA) is 534 Å². The van der Waals surface area contributed by atoms with Crippen LogP contribution in [0.25, 0.3) is 11.1 Å². The van der Waals surface area contributed by atoms with Gasteiger partial charge in [0.2, 0.25) is 58.9 Å². The molecule has 0 radical (unpaired) electrons. The van der Waals surface area contributed by atoms with Gasteiger partial charge in [0.25, 0.3) is 0 Å². The molecule has 4 aromatic rings. The number of β-amino-alcohol motifs (C(OH)–C–C–N with tert-alkyl or cyclic N) is 1. The third kappa shape index (κ3) is 19.1. The molecule has 2 saturated heterocycles. The van der Waals surface area contributed by atoms with Crippen LogP contribution in [-0.4, -0.2) is 241 Å². The number of amides is 9. The summed E-state index contributed by atoms with van der Waals surface area (Å²) in [6.07, 6.45) is -7.73. The van der Waals surface area contributed by atoms with Crippen LogP contribution < -0.4 is 47.7 Å². The van der Waals surface area contributed by atoms with E-state index in [2.05, 4.69) is 37.2 Å². The van der Waals surface area contributed by atoms with E-state index in [0.29, 0.717) is 25.7 Å². The second-order valence-electron chi connectivity index (χ2n) is 30.2. The number of nitrogens with two attached hydrogens (primary N) is 1. The lowest BCUT2D eigenvalue weighted by Crippen LogP contribution is -2.62. The molecule has 9 amide bonds. The number of benzene rings is 4. The molecule has 17 N–H and O–H groups in total. The standard InChI is InChI=1S/C79H99N9O25/c1-37(2)27-51(74(104)83-50-29-61(112-39(4)67(50)97)113-56-31-79(109,57(93)35-91)30-47-63(56)71(101)65-64(69(47)99)68(98)46-21-13-22-55(110-5)62(46)70(65)100)84-75(105)52(33-89)86-73(103)49(25-26-58(80)94)82-78(108)66(40-15-7-6-8-16-40)87-76(106)53(34-90)85-72(102)38(3)81-77(107)54-28-41(92)32-88(54)59(95)23-14-24-60(96)111-36-48-44-19-11-9-17-42(44)43-18-10-12-20-45(43)48/h9-13,17-22,37-41,48-54,56,61,66-67,89-92,97,99,101,109H,6-8,14-16,23-36H2,1-5H3,(H2,80,94)(H,81,107)(H,82,108)(H,83,104)(H,84,105)(H,85,102)(H,86,103)(H,87,106)/t38-,39?,41+,49-,50?,51-,52-,53-,54-,56-,61?,66-,67?,79-/m0/s1. The first-order valence-corrected chi connectivity index (χ1v) is 38.0. The molecule has 2 heterocycles. The number of aromatic hydroxyl groups is 2. The lowest BCUT2D eigenvalue weighted by atomic mass is 9.72. The summed E-state index contributed by atoms with van der Waals surface area (Å²) in [4.78, 5) is 181. The first kappa shape index (κ1) is 85.1. The average molecular weight is 1570 g/mol. The zero-order chi connectivity index (χ0) is 82.0. The number of esters is 1. The number of carbonyl (C=O) groups is 13. The second-order valence-corrected chi connectivity index (χ2v) is 30.2. The van der Waals surface area contributed by atoms with Gasteiger partial charge >= 0.3 is 5.97 Å². The maximum absolute atomic E-state index is 14.6. The minimum absolute atomic E-state index is 0.0273. The van der Waals surface area contributed by atoms with Crippen molar-refractivity contribution in [1.82, 2.24) is 42.1 Å². The van der Waals surface area contributed by atoms with Gasteiger partial charge in [-0.15, -0.1) is 0 Å². The number of hydrogen-bond acceptors (Lipinski definition) is 25. The SMILES string of the molecule is COc1cccc2c1C(=O)c1c(O)c3c(c(O)c1C2=O)C[C@@](O)(C(=O)CO)C[C@@H]3OC1CC(NC(=O)[C@H](CC(C)C)NC(=O)[C@H](CO)NC(=O)[C@H](CCC(N)=O)NC(=O)[C@@H](NC(=O)[C@H](CO)NC(=O)[C@H](C)NC(=O)[C@@H]2C[C@@H](O)CN2C(=O)CCCC(=O)OCC2c3ccccc3-c3ccccc32)C2CCCCC2)C(O)C(C)O1. The van der Waals surface area contributed by atoms with Gasteiger partial charge in [-0.1, -0.05) is 93.8 Å².